The number of hydrogen-bond acceptors (Lipinski definition) is 5. The van der Waals surface area contributed by atoms with Gasteiger partial charge in [-0.15, -0.1) is 11.3 Å². The fourth-order valence-electron chi connectivity index (χ4n) is 3.22. The number of hydrogen-bond donors (Lipinski definition) is 1. The number of carbonyl (C=O) groups excluding carboxylic acids is 1. The minimum atomic E-state index is -3.28. The smallest absolute Gasteiger partial charge is 0.257 e. The van der Waals surface area contributed by atoms with Gasteiger partial charge in [0.1, 0.15) is 0 Å². The van der Waals surface area contributed by atoms with Gasteiger partial charge >= 0.3 is 0 Å². The van der Waals surface area contributed by atoms with Crippen LogP contribution in [0.1, 0.15) is 27.9 Å². The van der Waals surface area contributed by atoms with Gasteiger partial charge in [-0.2, -0.15) is 0 Å². The van der Waals surface area contributed by atoms with Crippen LogP contribution in [0.25, 0.3) is 11.3 Å². The molecule has 1 aliphatic carbocycles. The maximum atomic E-state index is 12.4. The van der Waals surface area contributed by atoms with Crippen LogP contribution in [0.3, 0.4) is 0 Å². The molecule has 0 unspecified atom stereocenters. The number of nitrogens with one attached hydrogen (secondary N) is 1. The van der Waals surface area contributed by atoms with E-state index in [9.17, 15) is 13.2 Å². The van der Waals surface area contributed by atoms with Gasteiger partial charge in [0.05, 0.1) is 10.6 Å². The van der Waals surface area contributed by atoms with Crippen LogP contribution in [0.2, 0.25) is 0 Å². The third kappa shape index (κ3) is 3.79. The van der Waals surface area contributed by atoms with Crippen LogP contribution >= 0.6 is 11.3 Å². The molecule has 0 bridgehead atoms. The average molecular weight is 399 g/mol. The van der Waals surface area contributed by atoms with Gasteiger partial charge in [-0.05, 0) is 60.7 Å². The molecule has 0 spiro atoms. The Kier molecular flexibility index (Phi) is 4.57. The van der Waals surface area contributed by atoms with Crippen LogP contribution in [0.4, 0.5) is 5.13 Å². The largest absolute Gasteiger partial charge is 0.298 e. The Labute approximate surface area is 162 Å². The molecule has 1 N–H and O–H groups in total. The summed E-state index contributed by atoms with van der Waals surface area (Å²) < 4.78 is 23.0. The summed E-state index contributed by atoms with van der Waals surface area (Å²) in [7, 11) is -3.28. The van der Waals surface area contributed by atoms with Crippen LogP contribution in [-0.4, -0.2) is 25.6 Å². The molecule has 0 atom stereocenters. The minimum Gasteiger partial charge on any atom is -0.298 e. The van der Waals surface area contributed by atoms with Crippen molar-refractivity contribution in [1.29, 1.82) is 0 Å². The standard InChI is InChI=1S/C20H18N2O3S2/c1-27(24,25)17-9-7-14(8-10-17)19(23)22-20-21-18(12-26-20)16-6-5-13-3-2-4-15(13)11-16/h5-12H,2-4H2,1H3,(H,21,22,23). The van der Waals surface area contributed by atoms with E-state index in [1.165, 1.54) is 53.1 Å². The fraction of sp³-hybridized carbons (Fsp3) is 0.200. The molecule has 1 amide bonds. The molecule has 0 saturated heterocycles. The van der Waals surface area contributed by atoms with Crippen LogP contribution < -0.4 is 5.32 Å². The van der Waals surface area contributed by atoms with E-state index in [0.29, 0.717) is 10.7 Å². The maximum Gasteiger partial charge on any atom is 0.257 e. The number of carbonyl (C=O) groups is 1. The summed E-state index contributed by atoms with van der Waals surface area (Å²) in [5.41, 5.74) is 5.09. The Hall–Kier alpha value is -2.51. The summed E-state index contributed by atoms with van der Waals surface area (Å²) in [6, 6.07) is 12.3. The van der Waals surface area contributed by atoms with Gasteiger partial charge in [0.25, 0.3) is 5.91 Å². The normalized spacial score (nSPS) is 13.4. The summed E-state index contributed by atoms with van der Waals surface area (Å²) in [5, 5.41) is 5.22. The molecule has 7 heteroatoms. The summed E-state index contributed by atoms with van der Waals surface area (Å²) >= 11 is 1.37. The predicted octanol–water partition coefficient (Wildman–Crippen LogP) is 3.95. The van der Waals surface area contributed by atoms with Crippen molar-refractivity contribution >= 4 is 32.2 Å². The van der Waals surface area contributed by atoms with Crippen molar-refractivity contribution in [2.45, 2.75) is 24.2 Å². The van der Waals surface area contributed by atoms with Crippen molar-refractivity contribution in [3.63, 3.8) is 0 Å². The molecular weight excluding hydrogens is 380 g/mol. The Morgan fingerprint density at radius 3 is 2.56 bits per heavy atom. The van der Waals surface area contributed by atoms with Crippen molar-refractivity contribution < 1.29 is 13.2 Å². The van der Waals surface area contributed by atoms with Gasteiger partial charge in [0, 0.05) is 22.8 Å². The molecule has 138 valence electrons. The summed E-state index contributed by atoms with van der Waals surface area (Å²) in [6.07, 6.45) is 4.60. The third-order valence-electron chi connectivity index (χ3n) is 4.66. The zero-order valence-corrected chi connectivity index (χ0v) is 16.4. The van der Waals surface area contributed by atoms with Crippen LogP contribution in [0.5, 0.6) is 0 Å². The first-order chi connectivity index (χ1) is 12.9. The van der Waals surface area contributed by atoms with E-state index in [1.54, 1.807) is 0 Å². The van der Waals surface area contributed by atoms with Crippen LogP contribution in [-0.2, 0) is 22.7 Å². The number of nitrogens with zero attached hydrogens (tertiary/aromatic N) is 1. The van der Waals surface area contributed by atoms with Gasteiger partial charge in [0.15, 0.2) is 15.0 Å². The molecule has 1 aromatic heterocycles. The number of aryl methyl sites for hydroxylation is 2. The lowest BCUT2D eigenvalue weighted by atomic mass is 10.1. The Bertz CT molecular complexity index is 1120. The highest BCUT2D eigenvalue weighted by molar-refractivity contribution is 7.90. The number of fused-ring (bicyclic) bond motifs is 1. The van der Waals surface area contributed by atoms with E-state index in [2.05, 4.69) is 28.5 Å². The Morgan fingerprint density at radius 1 is 1.07 bits per heavy atom. The molecule has 0 aliphatic heterocycles. The molecule has 4 rings (SSSR count). The van der Waals surface area contributed by atoms with Crippen molar-refractivity contribution in [2.75, 3.05) is 11.6 Å². The SMILES string of the molecule is CS(=O)(=O)c1ccc(C(=O)Nc2nc(-c3ccc4c(c3)CCC4)cs2)cc1. The molecular formula is C20H18N2O3S2. The molecule has 1 heterocycles. The van der Waals surface area contributed by atoms with Gasteiger partial charge in [-0.1, -0.05) is 12.1 Å². The van der Waals surface area contributed by atoms with Gasteiger partial charge in [-0.3, -0.25) is 10.1 Å². The first-order valence-corrected chi connectivity index (χ1v) is 11.4. The van der Waals surface area contributed by atoms with E-state index >= 15 is 0 Å². The van der Waals surface area contributed by atoms with E-state index < -0.39 is 9.84 Å². The second kappa shape index (κ2) is 6.90. The first kappa shape index (κ1) is 17.9. The number of anilines is 1. The van der Waals surface area contributed by atoms with Crippen molar-refractivity contribution in [1.82, 2.24) is 4.98 Å². The number of amides is 1. The number of thiazole rings is 1. The van der Waals surface area contributed by atoms with E-state index in [1.807, 2.05) is 5.38 Å². The zero-order valence-electron chi connectivity index (χ0n) is 14.7. The first-order valence-electron chi connectivity index (χ1n) is 8.59. The van der Waals surface area contributed by atoms with Gasteiger partial charge in [-0.25, -0.2) is 13.4 Å². The lowest BCUT2D eigenvalue weighted by Crippen LogP contribution is -2.12. The number of sulfone groups is 1. The van der Waals surface area contributed by atoms with Crippen LogP contribution in [0.15, 0.2) is 52.7 Å². The lowest BCUT2D eigenvalue weighted by Gasteiger charge is -2.04. The van der Waals surface area contributed by atoms with E-state index in [0.717, 1.165) is 30.4 Å². The molecule has 2 aromatic carbocycles. The van der Waals surface area contributed by atoms with Crippen molar-refractivity contribution in [2.24, 2.45) is 0 Å². The topological polar surface area (TPSA) is 76.1 Å². The Balaban J connectivity index is 1.50. The van der Waals surface area contributed by atoms with Crippen molar-refractivity contribution in [3.05, 3.63) is 64.5 Å². The number of benzene rings is 2. The number of aromatic nitrogens is 1. The molecule has 0 radical (unpaired) electrons. The molecule has 3 aromatic rings. The number of rotatable bonds is 4. The predicted molar refractivity (Wildman–Crippen MR) is 107 cm³/mol. The summed E-state index contributed by atoms with van der Waals surface area (Å²) in [4.78, 5) is 17.1. The summed E-state index contributed by atoms with van der Waals surface area (Å²) in [6.45, 7) is 0. The van der Waals surface area contributed by atoms with E-state index in [-0.39, 0.29) is 10.8 Å². The van der Waals surface area contributed by atoms with Gasteiger partial charge in [0.2, 0.25) is 0 Å². The van der Waals surface area contributed by atoms with Gasteiger partial charge < -0.3 is 0 Å². The fourth-order valence-corrected chi connectivity index (χ4v) is 4.56. The Morgan fingerprint density at radius 2 is 1.81 bits per heavy atom. The minimum absolute atomic E-state index is 0.187. The monoisotopic (exact) mass is 398 g/mol. The second-order valence-corrected chi connectivity index (χ2v) is 9.50. The molecule has 1 aliphatic rings. The highest BCUT2D eigenvalue weighted by Gasteiger charge is 2.14. The summed E-state index contributed by atoms with van der Waals surface area (Å²) in [5.74, 6) is -0.315. The zero-order chi connectivity index (χ0) is 19.0. The highest BCUT2D eigenvalue weighted by Crippen LogP contribution is 2.30. The van der Waals surface area contributed by atoms with Crippen LogP contribution in [0, 0.1) is 0 Å². The second-order valence-electron chi connectivity index (χ2n) is 6.63. The molecule has 0 fully saturated rings. The van der Waals surface area contributed by atoms with Crippen molar-refractivity contribution in [3.8, 4) is 11.3 Å². The lowest BCUT2D eigenvalue weighted by molar-refractivity contribution is 0.102. The molecule has 5 nitrogen and oxygen atoms in total. The highest BCUT2D eigenvalue weighted by atomic mass is 32.2. The molecule has 27 heavy (non-hydrogen) atoms. The quantitative estimate of drug-likeness (QED) is 0.722. The third-order valence-corrected chi connectivity index (χ3v) is 6.55. The maximum absolute atomic E-state index is 12.4. The van der Waals surface area contributed by atoms with E-state index in [4.69, 9.17) is 0 Å². The molecule has 0 saturated carbocycles. The average Bonchev–Trinajstić information content (AvgIpc) is 3.29.